The first kappa shape index (κ1) is 11.5. The lowest BCUT2D eigenvalue weighted by Gasteiger charge is -2.26. The fourth-order valence-electron chi connectivity index (χ4n) is 2.22. The average molecular weight is 257 g/mol. The molecule has 18 heavy (non-hydrogen) atoms. The SMILES string of the molecule is COc1ccccc1C1CNc2ccccc2S1. The largest absolute Gasteiger partial charge is 0.496 e. The molecule has 0 aliphatic carbocycles. The van der Waals surface area contributed by atoms with Gasteiger partial charge in [-0.1, -0.05) is 30.3 Å². The number of ether oxygens (including phenoxy) is 1. The summed E-state index contributed by atoms with van der Waals surface area (Å²) >= 11 is 1.90. The summed E-state index contributed by atoms with van der Waals surface area (Å²) in [6, 6.07) is 16.7. The van der Waals surface area contributed by atoms with Gasteiger partial charge >= 0.3 is 0 Å². The van der Waals surface area contributed by atoms with E-state index in [-0.39, 0.29) is 0 Å². The standard InChI is InChI=1S/C15H15NOS/c1-17-13-8-4-2-6-11(13)15-10-16-12-7-3-5-9-14(12)18-15/h2-9,15-16H,10H2,1H3. The molecule has 2 aromatic rings. The molecule has 2 aromatic carbocycles. The zero-order valence-corrected chi connectivity index (χ0v) is 11.0. The van der Waals surface area contributed by atoms with Crippen LogP contribution in [0, 0.1) is 0 Å². The molecule has 3 rings (SSSR count). The van der Waals surface area contributed by atoms with Gasteiger partial charge in [0.25, 0.3) is 0 Å². The molecule has 0 aromatic heterocycles. The van der Waals surface area contributed by atoms with Gasteiger partial charge in [0, 0.05) is 22.7 Å². The molecular formula is C15H15NOS. The number of anilines is 1. The van der Waals surface area contributed by atoms with E-state index in [1.165, 1.54) is 16.1 Å². The monoisotopic (exact) mass is 257 g/mol. The Morgan fingerprint density at radius 3 is 2.78 bits per heavy atom. The van der Waals surface area contributed by atoms with Crippen molar-refractivity contribution >= 4 is 17.4 Å². The second kappa shape index (κ2) is 4.94. The second-order valence-electron chi connectivity index (χ2n) is 4.23. The third-order valence-corrected chi connectivity index (χ3v) is 4.44. The molecule has 0 spiro atoms. The highest BCUT2D eigenvalue weighted by atomic mass is 32.2. The first-order chi connectivity index (χ1) is 8.88. The van der Waals surface area contributed by atoms with E-state index in [9.17, 15) is 0 Å². The van der Waals surface area contributed by atoms with Crippen LogP contribution in [0.2, 0.25) is 0 Å². The van der Waals surface area contributed by atoms with Crippen molar-refractivity contribution in [3.05, 3.63) is 54.1 Å². The Labute approximate surface area is 111 Å². The second-order valence-corrected chi connectivity index (χ2v) is 5.47. The molecule has 0 saturated heterocycles. The van der Waals surface area contributed by atoms with Crippen LogP contribution in [-0.2, 0) is 0 Å². The predicted octanol–water partition coefficient (Wildman–Crippen LogP) is 3.95. The molecule has 0 amide bonds. The highest BCUT2D eigenvalue weighted by Gasteiger charge is 2.22. The zero-order valence-electron chi connectivity index (χ0n) is 10.2. The van der Waals surface area contributed by atoms with Gasteiger partial charge in [0.05, 0.1) is 12.4 Å². The average Bonchev–Trinajstić information content (AvgIpc) is 2.46. The van der Waals surface area contributed by atoms with Crippen molar-refractivity contribution in [1.82, 2.24) is 0 Å². The Balaban J connectivity index is 1.92. The van der Waals surface area contributed by atoms with Crippen LogP contribution < -0.4 is 10.1 Å². The van der Waals surface area contributed by atoms with Crippen molar-refractivity contribution in [2.75, 3.05) is 19.0 Å². The van der Waals surface area contributed by atoms with Crippen LogP contribution in [0.5, 0.6) is 5.75 Å². The highest BCUT2D eigenvalue weighted by molar-refractivity contribution is 7.99. The summed E-state index contributed by atoms with van der Waals surface area (Å²) in [5.41, 5.74) is 2.49. The summed E-state index contributed by atoms with van der Waals surface area (Å²) < 4.78 is 5.45. The van der Waals surface area contributed by atoms with E-state index in [2.05, 4.69) is 41.7 Å². The van der Waals surface area contributed by atoms with E-state index in [1.54, 1.807) is 7.11 Å². The molecule has 0 bridgehead atoms. The van der Waals surface area contributed by atoms with E-state index in [0.29, 0.717) is 5.25 Å². The van der Waals surface area contributed by atoms with Crippen LogP contribution in [0.4, 0.5) is 5.69 Å². The number of para-hydroxylation sites is 2. The van der Waals surface area contributed by atoms with Crippen molar-refractivity contribution in [3.63, 3.8) is 0 Å². The van der Waals surface area contributed by atoms with Crippen molar-refractivity contribution in [3.8, 4) is 5.75 Å². The molecule has 1 aliphatic rings. The van der Waals surface area contributed by atoms with Crippen LogP contribution in [-0.4, -0.2) is 13.7 Å². The fraction of sp³-hybridized carbons (Fsp3) is 0.200. The normalized spacial score (nSPS) is 17.7. The Morgan fingerprint density at radius 2 is 1.89 bits per heavy atom. The molecule has 3 heteroatoms. The first-order valence-corrected chi connectivity index (χ1v) is 6.89. The number of hydrogen-bond acceptors (Lipinski definition) is 3. The van der Waals surface area contributed by atoms with Gasteiger partial charge in [0.2, 0.25) is 0 Å². The van der Waals surface area contributed by atoms with E-state index < -0.39 is 0 Å². The van der Waals surface area contributed by atoms with Crippen LogP contribution in [0.1, 0.15) is 10.8 Å². The van der Waals surface area contributed by atoms with E-state index in [1.807, 2.05) is 23.9 Å². The van der Waals surface area contributed by atoms with Crippen LogP contribution >= 0.6 is 11.8 Å². The molecule has 0 fully saturated rings. The third-order valence-electron chi connectivity index (χ3n) is 3.12. The number of thioether (sulfide) groups is 1. The summed E-state index contributed by atoms with van der Waals surface area (Å²) in [7, 11) is 1.73. The minimum absolute atomic E-state index is 0.399. The Bertz CT molecular complexity index is 556. The van der Waals surface area contributed by atoms with Gasteiger partial charge in [-0.25, -0.2) is 0 Å². The van der Waals surface area contributed by atoms with Crippen LogP contribution in [0.25, 0.3) is 0 Å². The number of benzene rings is 2. The molecule has 1 aliphatic heterocycles. The molecule has 92 valence electrons. The molecule has 1 unspecified atom stereocenters. The van der Waals surface area contributed by atoms with Crippen molar-refractivity contribution in [2.24, 2.45) is 0 Å². The van der Waals surface area contributed by atoms with Crippen LogP contribution in [0.15, 0.2) is 53.4 Å². The predicted molar refractivity (Wildman–Crippen MR) is 76.5 cm³/mol. The molecule has 1 heterocycles. The summed E-state index contributed by atoms with van der Waals surface area (Å²) in [5.74, 6) is 0.969. The Hall–Kier alpha value is -1.61. The molecule has 0 radical (unpaired) electrons. The summed E-state index contributed by atoms with van der Waals surface area (Å²) in [4.78, 5) is 1.31. The smallest absolute Gasteiger partial charge is 0.123 e. The van der Waals surface area contributed by atoms with Gasteiger partial charge in [-0.2, -0.15) is 0 Å². The fourth-order valence-corrected chi connectivity index (χ4v) is 3.44. The number of nitrogens with one attached hydrogen (secondary N) is 1. The number of methoxy groups -OCH3 is 1. The summed E-state index contributed by atoms with van der Waals surface area (Å²) in [6.45, 7) is 0.933. The van der Waals surface area contributed by atoms with E-state index in [0.717, 1.165) is 12.3 Å². The van der Waals surface area contributed by atoms with Gasteiger partial charge in [0.15, 0.2) is 0 Å². The molecule has 0 saturated carbocycles. The molecular weight excluding hydrogens is 242 g/mol. The molecule has 1 N–H and O–H groups in total. The number of fused-ring (bicyclic) bond motifs is 1. The lowest BCUT2D eigenvalue weighted by Crippen LogP contribution is -2.15. The minimum atomic E-state index is 0.399. The molecule has 1 atom stereocenters. The number of rotatable bonds is 2. The Morgan fingerprint density at radius 1 is 1.11 bits per heavy atom. The van der Waals surface area contributed by atoms with Crippen molar-refractivity contribution in [1.29, 1.82) is 0 Å². The topological polar surface area (TPSA) is 21.3 Å². The summed E-state index contributed by atoms with van der Waals surface area (Å²) in [5, 5.41) is 3.89. The van der Waals surface area contributed by atoms with Crippen LogP contribution in [0.3, 0.4) is 0 Å². The minimum Gasteiger partial charge on any atom is -0.496 e. The maximum atomic E-state index is 5.45. The summed E-state index contributed by atoms with van der Waals surface area (Å²) in [6.07, 6.45) is 0. The maximum absolute atomic E-state index is 5.45. The number of hydrogen-bond donors (Lipinski definition) is 1. The lowest BCUT2D eigenvalue weighted by atomic mass is 10.1. The van der Waals surface area contributed by atoms with Crippen molar-refractivity contribution < 1.29 is 4.74 Å². The third kappa shape index (κ3) is 2.06. The highest BCUT2D eigenvalue weighted by Crippen LogP contribution is 2.45. The van der Waals surface area contributed by atoms with Gasteiger partial charge in [-0.3, -0.25) is 0 Å². The maximum Gasteiger partial charge on any atom is 0.123 e. The van der Waals surface area contributed by atoms with Gasteiger partial charge in [-0.05, 0) is 18.2 Å². The van der Waals surface area contributed by atoms with Gasteiger partial charge in [-0.15, -0.1) is 11.8 Å². The quantitative estimate of drug-likeness (QED) is 0.880. The van der Waals surface area contributed by atoms with E-state index >= 15 is 0 Å². The lowest BCUT2D eigenvalue weighted by molar-refractivity contribution is 0.409. The zero-order chi connectivity index (χ0) is 12.4. The van der Waals surface area contributed by atoms with Crippen molar-refractivity contribution in [2.45, 2.75) is 10.1 Å². The molecule has 2 nitrogen and oxygen atoms in total. The van der Waals surface area contributed by atoms with Gasteiger partial charge < -0.3 is 10.1 Å². The first-order valence-electron chi connectivity index (χ1n) is 6.01. The van der Waals surface area contributed by atoms with Gasteiger partial charge in [0.1, 0.15) is 5.75 Å². The Kier molecular flexibility index (Phi) is 3.15. The van der Waals surface area contributed by atoms with E-state index in [4.69, 9.17) is 4.74 Å².